The third kappa shape index (κ3) is 4.61. The van der Waals surface area contributed by atoms with E-state index >= 15 is 0 Å². The van der Waals surface area contributed by atoms with Gasteiger partial charge in [-0.05, 0) is 63.5 Å². The van der Waals surface area contributed by atoms with Gasteiger partial charge in [0.15, 0.2) is 0 Å². The van der Waals surface area contributed by atoms with Crippen LogP contribution in [0.2, 0.25) is 0 Å². The topological polar surface area (TPSA) is 79.2 Å². The second-order valence-corrected chi connectivity index (χ2v) is 8.99. The van der Waals surface area contributed by atoms with Crippen LogP contribution in [0.5, 0.6) is 5.75 Å². The van der Waals surface area contributed by atoms with Crippen molar-refractivity contribution < 1.29 is 19.4 Å². The van der Waals surface area contributed by atoms with E-state index in [-0.39, 0.29) is 12.3 Å². The third-order valence-corrected chi connectivity index (χ3v) is 6.10. The molecular formula is C24H18Br2N2O4. The van der Waals surface area contributed by atoms with E-state index in [1.165, 1.54) is 0 Å². The molecule has 3 aromatic carbocycles. The number of fused-ring (bicyclic) bond motifs is 1. The lowest BCUT2D eigenvalue weighted by Gasteiger charge is -2.18. The molecule has 1 N–H and O–H groups in total. The Labute approximate surface area is 201 Å². The minimum Gasteiger partial charge on any atom is -0.497 e. The van der Waals surface area contributed by atoms with Gasteiger partial charge >= 0.3 is 5.97 Å². The van der Waals surface area contributed by atoms with Crippen LogP contribution in [0.3, 0.4) is 0 Å². The Hall–Kier alpha value is -2.97. The van der Waals surface area contributed by atoms with E-state index in [4.69, 9.17) is 9.84 Å². The highest BCUT2D eigenvalue weighted by Crippen LogP contribution is 2.40. The number of rotatable bonds is 6. The smallest absolute Gasteiger partial charge is 0.307 e. The van der Waals surface area contributed by atoms with E-state index in [1.807, 2.05) is 36.4 Å². The van der Waals surface area contributed by atoms with Crippen molar-refractivity contribution in [1.29, 1.82) is 0 Å². The highest BCUT2D eigenvalue weighted by Gasteiger charge is 2.36. The molecule has 0 atom stereocenters. The molecule has 0 saturated carbocycles. The lowest BCUT2D eigenvalue weighted by molar-refractivity contribution is -0.136. The number of hydrogen-bond donors (Lipinski definition) is 1. The summed E-state index contributed by atoms with van der Waals surface area (Å²) in [5.74, 6) is -0.349. The maximum Gasteiger partial charge on any atom is 0.307 e. The fraction of sp³-hybridized carbons (Fsp3) is 0.125. The number of anilines is 1. The van der Waals surface area contributed by atoms with E-state index in [9.17, 15) is 9.59 Å². The standard InChI is InChI=1S/C24H18Br2N2O4/c1-32-18-8-4-15(5-9-18)13-28-23-19(11-16(25)12-20(23)26)22(24(28)31)27-17-6-2-14(3-7-17)10-21(29)30/h2-9,11-12H,10,13H2,1H3,(H,29,30). The molecule has 0 unspecified atom stereocenters. The number of nitrogens with zero attached hydrogens (tertiary/aromatic N) is 2. The van der Waals surface area contributed by atoms with Gasteiger partial charge < -0.3 is 14.7 Å². The molecule has 0 radical (unpaired) electrons. The summed E-state index contributed by atoms with van der Waals surface area (Å²) in [5.41, 5.74) is 4.03. The third-order valence-electron chi connectivity index (χ3n) is 5.03. The van der Waals surface area contributed by atoms with Gasteiger partial charge in [0.05, 0.1) is 31.5 Å². The summed E-state index contributed by atoms with van der Waals surface area (Å²) < 4.78 is 6.83. The number of benzene rings is 3. The molecule has 162 valence electrons. The molecule has 6 nitrogen and oxygen atoms in total. The molecule has 0 spiro atoms. The first-order chi connectivity index (χ1) is 15.4. The SMILES string of the molecule is COc1ccc(CN2C(=O)C(=Nc3ccc(CC(=O)O)cc3)c3cc(Br)cc(Br)c32)cc1. The molecule has 8 heteroatoms. The molecule has 1 aliphatic rings. The number of aliphatic imine (C=N–C) groups is 1. The van der Waals surface area contributed by atoms with Crippen molar-refractivity contribution in [2.24, 2.45) is 4.99 Å². The first kappa shape index (κ1) is 22.2. The zero-order chi connectivity index (χ0) is 22.8. The molecule has 32 heavy (non-hydrogen) atoms. The Morgan fingerprint density at radius 2 is 1.69 bits per heavy atom. The van der Waals surface area contributed by atoms with Gasteiger partial charge in [0.2, 0.25) is 0 Å². The summed E-state index contributed by atoms with van der Waals surface area (Å²) in [6.45, 7) is 0.382. The number of amides is 1. The van der Waals surface area contributed by atoms with E-state index in [0.717, 1.165) is 31.5 Å². The Morgan fingerprint density at radius 1 is 1.03 bits per heavy atom. The number of methoxy groups -OCH3 is 1. The number of carboxylic acid groups (broad SMARTS) is 1. The van der Waals surface area contributed by atoms with Gasteiger partial charge in [0.1, 0.15) is 11.5 Å². The fourth-order valence-corrected chi connectivity index (χ4v) is 4.97. The number of halogens is 2. The summed E-state index contributed by atoms with van der Waals surface area (Å²) in [4.78, 5) is 30.6. The lowest BCUT2D eigenvalue weighted by Crippen LogP contribution is -2.29. The molecule has 0 aliphatic carbocycles. The average molecular weight is 558 g/mol. The van der Waals surface area contributed by atoms with Gasteiger partial charge in [-0.3, -0.25) is 9.59 Å². The highest BCUT2D eigenvalue weighted by atomic mass is 79.9. The van der Waals surface area contributed by atoms with Crippen LogP contribution in [0.25, 0.3) is 0 Å². The Balaban J connectivity index is 1.72. The maximum atomic E-state index is 13.4. The van der Waals surface area contributed by atoms with Crippen molar-refractivity contribution in [1.82, 2.24) is 0 Å². The largest absolute Gasteiger partial charge is 0.497 e. The number of aliphatic carboxylic acids is 1. The van der Waals surface area contributed by atoms with Gasteiger partial charge in [-0.25, -0.2) is 4.99 Å². The highest BCUT2D eigenvalue weighted by molar-refractivity contribution is 9.11. The molecule has 1 heterocycles. The predicted octanol–water partition coefficient (Wildman–Crippen LogP) is 5.51. The summed E-state index contributed by atoms with van der Waals surface area (Å²) in [7, 11) is 1.61. The number of carbonyl (C=O) groups is 2. The van der Waals surface area contributed by atoms with E-state index < -0.39 is 5.97 Å². The second kappa shape index (κ2) is 9.26. The minimum absolute atomic E-state index is 0.0614. The number of ether oxygens (including phenoxy) is 1. The van der Waals surface area contributed by atoms with E-state index in [0.29, 0.717) is 23.5 Å². The molecule has 0 saturated heterocycles. The monoisotopic (exact) mass is 556 g/mol. The van der Waals surface area contributed by atoms with Crippen molar-refractivity contribution in [3.8, 4) is 5.75 Å². The molecule has 1 aliphatic heterocycles. The van der Waals surface area contributed by atoms with Crippen molar-refractivity contribution in [2.45, 2.75) is 13.0 Å². The summed E-state index contributed by atoms with van der Waals surface area (Å²) in [6, 6.07) is 18.2. The molecule has 0 bridgehead atoms. The van der Waals surface area contributed by atoms with Crippen molar-refractivity contribution in [3.63, 3.8) is 0 Å². The van der Waals surface area contributed by atoms with Crippen LogP contribution in [-0.2, 0) is 22.6 Å². The number of carbonyl (C=O) groups excluding carboxylic acids is 1. The molecular weight excluding hydrogens is 540 g/mol. The van der Waals surface area contributed by atoms with Crippen molar-refractivity contribution in [3.05, 3.63) is 86.3 Å². The number of hydrogen-bond acceptors (Lipinski definition) is 4. The first-order valence-corrected chi connectivity index (χ1v) is 11.3. The lowest BCUT2D eigenvalue weighted by atomic mass is 10.1. The maximum absolute atomic E-state index is 13.4. The van der Waals surface area contributed by atoms with Crippen LogP contribution >= 0.6 is 31.9 Å². The Morgan fingerprint density at radius 3 is 2.31 bits per heavy atom. The van der Waals surface area contributed by atoms with Crippen LogP contribution in [0, 0.1) is 0 Å². The van der Waals surface area contributed by atoms with Crippen LogP contribution < -0.4 is 9.64 Å². The quantitative estimate of drug-likeness (QED) is 0.433. The second-order valence-electron chi connectivity index (χ2n) is 7.22. The van der Waals surface area contributed by atoms with Crippen LogP contribution in [-0.4, -0.2) is 29.8 Å². The van der Waals surface area contributed by atoms with Crippen molar-refractivity contribution >= 4 is 60.8 Å². The van der Waals surface area contributed by atoms with Gasteiger partial charge in [-0.1, -0.05) is 40.2 Å². The minimum atomic E-state index is -0.896. The summed E-state index contributed by atoms with van der Waals surface area (Å²) in [5, 5.41) is 8.95. The van der Waals surface area contributed by atoms with Gasteiger partial charge in [0.25, 0.3) is 5.91 Å². The van der Waals surface area contributed by atoms with Crippen LogP contribution in [0.15, 0.2) is 74.6 Å². The fourth-order valence-electron chi connectivity index (χ4n) is 3.53. The van der Waals surface area contributed by atoms with Crippen LogP contribution in [0.1, 0.15) is 16.7 Å². The molecule has 0 fully saturated rings. The van der Waals surface area contributed by atoms with Gasteiger partial charge in [0, 0.05) is 14.5 Å². The molecule has 3 aromatic rings. The van der Waals surface area contributed by atoms with Gasteiger partial charge in [-0.2, -0.15) is 0 Å². The first-order valence-electron chi connectivity index (χ1n) is 9.69. The molecule has 0 aromatic heterocycles. The molecule has 1 amide bonds. The normalized spacial score (nSPS) is 14.0. The summed E-state index contributed by atoms with van der Waals surface area (Å²) in [6.07, 6.45) is -0.0614. The summed E-state index contributed by atoms with van der Waals surface area (Å²) >= 11 is 7.09. The Kier molecular flexibility index (Phi) is 6.43. The van der Waals surface area contributed by atoms with Crippen LogP contribution in [0.4, 0.5) is 11.4 Å². The molecule has 4 rings (SSSR count). The average Bonchev–Trinajstić information content (AvgIpc) is 3.01. The zero-order valence-electron chi connectivity index (χ0n) is 17.0. The zero-order valence-corrected chi connectivity index (χ0v) is 20.2. The van der Waals surface area contributed by atoms with E-state index in [1.54, 1.807) is 36.3 Å². The van der Waals surface area contributed by atoms with Gasteiger partial charge in [-0.15, -0.1) is 0 Å². The predicted molar refractivity (Wildman–Crippen MR) is 130 cm³/mol. The number of carboxylic acids is 1. The van der Waals surface area contributed by atoms with E-state index in [2.05, 4.69) is 36.9 Å². The Bertz CT molecular complexity index is 1220. The van der Waals surface area contributed by atoms with Crippen molar-refractivity contribution in [2.75, 3.05) is 12.0 Å².